The number of carbonyl (C=O) groups is 2. The molecule has 4 nitrogen and oxygen atoms in total. The highest BCUT2D eigenvalue weighted by Crippen LogP contribution is 2.14. The number of carbonyl (C=O) groups excluding carboxylic acids is 2. The number of esters is 2. The summed E-state index contributed by atoms with van der Waals surface area (Å²) >= 11 is 0. The van der Waals surface area contributed by atoms with Gasteiger partial charge in [-0.3, -0.25) is 9.59 Å². The minimum atomic E-state index is -0.322. The van der Waals surface area contributed by atoms with Gasteiger partial charge in [0, 0.05) is 0 Å². The van der Waals surface area contributed by atoms with Crippen molar-refractivity contribution < 1.29 is 19.1 Å². The van der Waals surface area contributed by atoms with Gasteiger partial charge < -0.3 is 9.47 Å². The Morgan fingerprint density at radius 2 is 1.37 bits per heavy atom. The maximum Gasteiger partial charge on any atom is 0.306 e. The summed E-state index contributed by atoms with van der Waals surface area (Å²) in [5.74, 6) is -0.172. The highest BCUT2D eigenvalue weighted by atomic mass is 16.5. The SMILES string of the molecule is CCCOC(=O)CCC(=O)OCC(CCC)CCC. The van der Waals surface area contributed by atoms with Crippen LogP contribution in [0.2, 0.25) is 0 Å². The summed E-state index contributed by atoms with van der Waals surface area (Å²) in [4.78, 5) is 22.7. The molecule has 0 N–H and O–H groups in total. The van der Waals surface area contributed by atoms with Gasteiger partial charge in [0.15, 0.2) is 0 Å². The molecule has 0 aromatic heterocycles. The van der Waals surface area contributed by atoms with E-state index < -0.39 is 0 Å². The van der Waals surface area contributed by atoms with Gasteiger partial charge in [0.05, 0.1) is 26.1 Å². The molecule has 19 heavy (non-hydrogen) atoms. The van der Waals surface area contributed by atoms with Crippen LogP contribution < -0.4 is 0 Å². The molecule has 0 saturated heterocycles. The minimum Gasteiger partial charge on any atom is -0.466 e. The fourth-order valence-corrected chi connectivity index (χ4v) is 1.90. The Labute approximate surface area is 116 Å². The zero-order chi connectivity index (χ0) is 14.5. The quantitative estimate of drug-likeness (QED) is 0.540. The Hall–Kier alpha value is -1.06. The highest BCUT2D eigenvalue weighted by Gasteiger charge is 2.12. The van der Waals surface area contributed by atoms with E-state index >= 15 is 0 Å². The van der Waals surface area contributed by atoms with Gasteiger partial charge in [0.25, 0.3) is 0 Å². The van der Waals surface area contributed by atoms with Crippen LogP contribution in [-0.4, -0.2) is 25.2 Å². The highest BCUT2D eigenvalue weighted by molar-refractivity contribution is 5.77. The van der Waals surface area contributed by atoms with Crippen molar-refractivity contribution in [3.05, 3.63) is 0 Å². The molecule has 0 radical (unpaired) electrons. The molecule has 0 heterocycles. The lowest BCUT2D eigenvalue weighted by atomic mass is 9.99. The second-order valence-corrected chi connectivity index (χ2v) is 4.85. The first-order chi connectivity index (χ1) is 9.13. The average Bonchev–Trinajstić information content (AvgIpc) is 2.40. The first-order valence-corrected chi connectivity index (χ1v) is 7.45. The Morgan fingerprint density at radius 3 is 1.84 bits per heavy atom. The summed E-state index contributed by atoms with van der Waals surface area (Å²) in [6.07, 6.45) is 5.40. The van der Waals surface area contributed by atoms with Crippen molar-refractivity contribution in [2.24, 2.45) is 5.92 Å². The summed E-state index contributed by atoms with van der Waals surface area (Å²) in [6.45, 7) is 7.10. The van der Waals surface area contributed by atoms with E-state index in [9.17, 15) is 9.59 Å². The molecule has 0 rings (SSSR count). The third-order valence-electron chi connectivity index (χ3n) is 2.87. The van der Waals surface area contributed by atoms with E-state index in [-0.39, 0.29) is 24.8 Å². The van der Waals surface area contributed by atoms with Crippen LogP contribution in [0.5, 0.6) is 0 Å². The Morgan fingerprint density at radius 1 is 0.842 bits per heavy atom. The molecule has 0 saturated carbocycles. The molecule has 112 valence electrons. The van der Waals surface area contributed by atoms with Gasteiger partial charge >= 0.3 is 11.9 Å². The normalized spacial score (nSPS) is 10.5. The molecular formula is C15H28O4. The van der Waals surface area contributed by atoms with Crippen LogP contribution in [0.15, 0.2) is 0 Å². The maximum absolute atomic E-state index is 11.5. The van der Waals surface area contributed by atoms with Gasteiger partial charge in [-0.1, -0.05) is 33.6 Å². The van der Waals surface area contributed by atoms with Crippen molar-refractivity contribution in [2.75, 3.05) is 13.2 Å². The minimum absolute atomic E-state index is 0.116. The number of hydrogen-bond acceptors (Lipinski definition) is 4. The van der Waals surface area contributed by atoms with Crippen LogP contribution in [0.3, 0.4) is 0 Å². The molecule has 0 amide bonds. The van der Waals surface area contributed by atoms with Gasteiger partial charge in [0.2, 0.25) is 0 Å². The van der Waals surface area contributed by atoms with E-state index in [2.05, 4.69) is 13.8 Å². The second kappa shape index (κ2) is 12.0. The first-order valence-electron chi connectivity index (χ1n) is 7.45. The monoisotopic (exact) mass is 272 g/mol. The van der Waals surface area contributed by atoms with E-state index in [4.69, 9.17) is 9.47 Å². The van der Waals surface area contributed by atoms with Crippen LogP contribution in [-0.2, 0) is 19.1 Å². The van der Waals surface area contributed by atoms with Crippen LogP contribution in [0.25, 0.3) is 0 Å². The third-order valence-corrected chi connectivity index (χ3v) is 2.87. The van der Waals surface area contributed by atoms with Crippen molar-refractivity contribution in [2.45, 2.75) is 65.7 Å². The van der Waals surface area contributed by atoms with Gasteiger partial charge in [-0.25, -0.2) is 0 Å². The van der Waals surface area contributed by atoms with Gasteiger partial charge in [-0.15, -0.1) is 0 Å². The molecule has 0 fully saturated rings. The van der Waals surface area contributed by atoms with Gasteiger partial charge in [-0.05, 0) is 25.2 Å². The van der Waals surface area contributed by atoms with Crippen molar-refractivity contribution in [1.29, 1.82) is 0 Å². The lowest BCUT2D eigenvalue weighted by molar-refractivity contribution is -0.151. The summed E-state index contributed by atoms with van der Waals surface area (Å²) < 4.78 is 10.1. The molecule has 0 spiro atoms. The summed E-state index contributed by atoms with van der Waals surface area (Å²) in [7, 11) is 0. The lowest BCUT2D eigenvalue weighted by Gasteiger charge is -2.15. The van der Waals surface area contributed by atoms with Crippen molar-refractivity contribution in [3.63, 3.8) is 0 Å². The molecule has 0 aliphatic rings. The Kier molecular flexibility index (Phi) is 11.3. The Bertz CT molecular complexity index is 245. The zero-order valence-corrected chi connectivity index (χ0v) is 12.6. The smallest absolute Gasteiger partial charge is 0.306 e. The van der Waals surface area contributed by atoms with Crippen LogP contribution in [0.4, 0.5) is 0 Å². The second-order valence-electron chi connectivity index (χ2n) is 4.85. The standard InChI is InChI=1S/C15H28O4/c1-4-7-13(8-5-2)12-19-15(17)10-9-14(16)18-11-6-3/h13H,4-12H2,1-3H3. The molecule has 0 aliphatic carbocycles. The molecule has 0 aliphatic heterocycles. The third kappa shape index (κ3) is 10.5. The molecule has 4 heteroatoms. The molecule has 0 aromatic carbocycles. The Balaban J connectivity index is 3.75. The van der Waals surface area contributed by atoms with Crippen LogP contribution in [0, 0.1) is 5.92 Å². The largest absolute Gasteiger partial charge is 0.466 e. The fraction of sp³-hybridized carbons (Fsp3) is 0.867. The fourth-order valence-electron chi connectivity index (χ4n) is 1.90. The van der Waals surface area contributed by atoms with E-state index in [1.54, 1.807) is 0 Å². The number of hydrogen-bond donors (Lipinski definition) is 0. The summed E-state index contributed by atoms with van der Waals surface area (Å²) in [6, 6.07) is 0. The van der Waals surface area contributed by atoms with Gasteiger partial charge in [-0.2, -0.15) is 0 Å². The number of ether oxygens (including phenoxy) is 2. The van der Waals surface area contributed by atoms with E-state index in [0.29, 0.717) is 19.1 Å². The maximum atomic E-state index is 11.5. The van der Waals surface area contributed by atoms with Gasteiger partial charge in [0.1, 0.15) is 0 Å². The summed E-state index contributed by atoms with van der Waals surface area (Å²) in [5, 5.41) is 0. The van der Waals surface area contributed by atoms with E-state index in [1.165, 1.54) is 0 Å². The molecule has 0 atom stereocenters. The predicted molar refractivity (Wildman–Crippen MR) is 74.7 cm³/mol. The van der Waals surface area contributed by atoms with Crippen LogP contribution in [0.1, 0.15) is 65.7 Å². The van der Waals surface area contributed by atoms with E-state index in [0.717, 1.165) is 32.1 Å². The average molecular weight is 272 g/mol. The summed E-state index contributed by atoms with van der Waals surface area (Å²) in [5.41, 5.74) is 0. The topological polar surface area (TPSA) is 52.6 Å². The number of rotatable bonds is 11. The molecule has 0 bridgehead atoms. The van der Waals surface area contributed by atoms with Crippen molar-refractivity contribution in [1.82, 2.24) is 0 Å². The predicted octanol–water partition coefficient (Wildman–Crippen LogP) is 3.48. The molecule has 0 aromatic rings. The lowest BCUT2D eigenvalue weighted by Crippen LogP contribution is -2.15. The zero-order valence-electron chi connectivity index (χ0n) is 12.6. The van der Waals surface area contributed by atoms with Crippen LogP contribution >= 0.6 is 0 Å². The van der Waals surface area contributed by atoms with Crippen molar-refractivity contribution in [3.8, 4) is 0 Å². The van der Waals surface area contributed by atoms with E-state index in [1.807, 2.05) is 6.92 Å². The molecular weight excluding hydrogens is 244 g/mol. The first kappa shape index (κ1) is 17.9. The van der Waals surface area contributed by atoms with Crippen molar-refractivity contribution >= 4 is 11.9 Å². The molecule has 0 unspecified atom stereocenters.